The summed E-state index contributed by atoms with van der Waals surface area (Å²) in [6, 6.07) is -1.55. The molecule has 5 atom stereocenters. The lowest BCUT2D eigenvalue weighted by atomic mass is 9.97. The third-order valence-corrected chi connectivity index (χ3v) is 3.04. The number of nitrogens with zero attached hydrogens (tertiary/aromatic N) is 4. The lowest BCUT2D eigenvalue weighted by Crippen LogP contribution is -2.61. The Balaban J connectivity index is 3.28. The van der Waals surface area contributed by atoms with Gasteiger partial charge in [-0.15, -0.1) is 10.1 Å². The van der Waals surface area contributed by atoms with E-state index in [4.69, 9.17) is 24.5 Å². The number of rotatable bonds is 7. The molecule has 1 aliphatic rings. The SMILES string of the molecule is CC(=O)OCC1OC(O[N+](=O)[O-])C(N=[N+]=[N-])[C@H](OC(C)=O)[C@H]1OC(C)=O. The molecule has 1 rings (SSSR count). The summed E-state index contributed by atoms with van der Waals surface area (Å²) in [7, 11) is 0. The second kappa shape index (κ2) is 9.39. The first-order chi connectivity index (χ1) is 12.1. The van der Waals surface area contributed by atoms with Gasteiger partial charge in [0.25, 0.3) is 5.09 Å². The number of azide groups is 1. The molecule has 0 aromatic heterocycles. The highest BCUT2D eigenvalue weighted by Gasteiger charge is 2.51. The van der Waals surface area contributed by atoms with Crippen LogP contribution in [0.5, 0.6) is 0 Å². The minimum Gasteiger partial charge on any atom is -0.463 e. The molecular formula is C12H16N4O10. The molecule has 14 nitrogen and oxygen atoms in total. The van der Waals surface area contributed by atoms with Gasteiger partial charge in [-0.25, -0.2) is 0 Å². The van der Waals surface area contributed by atoms with E-state index in [1.54, 1.807) is 0 Å². The number of carbonyl (C=O) groups is 3. The van der Waals surface area contributed by atoms with Crippen LogP contribution in [0.15, 0.2) is 5.11 Å². The zero-order chi connectivity index (χ0) is 19.9. The fraction of sp³-hybridized carbons (Fsp3) is 0.750. The van der Waals surface area contributed by atoms with Crippen LogP contribution in [0.4, 0.5) is 0 Å². The highest BCUT2D eigenvalue weighted by Crippen LogP contribution is 2.29. The van der Waals surface area contributed by atoms with Crippen LogP contribution in [0.25, 0.3) is 10.4 Å². The average Bonchev–Trinajstić information content (AvgIpc) is 2.49. The second-order valence-electron chi connectivity index (χ2n) is 5.02. The Labute approximate surface area is 146 Å². The van der Waals surface area contributed by atoms with E-state index in [-0.39, 0.29) is 0 Å². The van der Waals surface area contributed by atoms with Gasteiger partial charge >= 0.3 is 17.9 Å². The third kappa shape index (κ3) is 6.07. The van der Waals surface area contributed by atoms with E-state index in [9.17, 15) is 24.5 Å². The van der Waals surface area contributed by atoms with Crippen molar-refractivity contribution < 1.29 is 43.3 Å². The molecule has 0 radical (unpaired) electrons. The van der Waals surface area contributed by atoms with Crippen molar-refractivity contribution in [1.82, 2.24) is 0 Å². The number of hydrogen-bond acceptors (Lipinski definition) is 11. The van der Waals surface area contributed by atoms with E-state index in [0.29, 0.717) is 0 Å². The van der Waals surface area contributed by atoms with Crippen LogP contribution < -0.4 is 0 Å². The minimum absolute atomic E-state index is 0.494. The molecule has 144 valence electrons. The van der Waals surface area contributed by atoms with Crippen LogP contribution in [0.1, 0.15) is 20.8 Å². The van der Waals surface area contributed by atoms with Crippen LogP contribution in [0.3, 0.4) is 0 Å². The topological polar surface area (TPSA) is 189 Å². The Hall–Kier alpha value is -3.12. The quantitative estimate of drug-likeness (QED) is 0.111. The largest absolute Gasteiger partial charge is 0.463 e. The predicted octanol–water partition coefficient (Wildman–Crippen LogP) is 0.0250. The summed E-state index contributed by atoms with van der Waals surface area (Å²) in [5, 5.41) is 12.8. The molecule has 0 amide bonds. The maximum absolute atomic E-state index is 11.4. The Kier molecular flexibility index (Phi) is 7.55. The standard InChI is InChI=1S/C12H16N4O10/c1-5(17)22-4-8-10(23-6(2)18)11(24-7(3)19)9(14-15-13)12(25-8)26-16(20)21/h8-12H,4H2,1-3H3/t8?,9?,10-,11-,12?/m0/s1. The van der Waals surface area contributed by atoms with E-state index in [2.05, 4.69) is 14.9 Å². The molecule has 14 heteroatoms. The first-order valence-electron chi connectivity index (χ1n) is 7.14. The number of hydrogen-bond donors (Lipinski definition) is 0. The lowest BCUT2D eigenvalue weighted by molar-refractivity contribution is -0.783. The molecule has 1 aliphatic heterocycles. The molecule has 1 fully saturated rings. The molecule has 1 heterocycles. The molecular weight excluding hydrogens is 360 g/mol. The molecule has 0 aliphatic carbocycles. The van der Waals surface area contributed by atoms with Crippen molar-refractivity contribution in [2.45, 2.75) is 51.4 Å². The van der Waals surface area contributed by atoms with E-state index in [1.807, 2.05) is 0 Å². The molecule has 0 spiro atoms. The Morgan fingerprint density at radius 1 is 1.15 bits per heavy atom. The van der Waals surface area contributed by atoms with Crippen LogP contribution in [-0.2, 0) is 38.2 Å². The van der Waals surface area contributed by atoms with Crippen molar-refractivity contribution in [3.63, 3.8) is 0 Å². The highest BCUT2D eigenvalue weighted by atomic mass is 17.0. The van der Waals surface area contributed by atoms with E-state index in [1.165, 1.54) is 0 Å². The molecule has 1 saturated heterocycles. The molecule has 0 N–H and O–H groups in total. The smallest absolute Gasteiger partial charge is 0.303 e. The van der Waals surface area contributed by atoms with Crippen molar-refractivity contribution in [1.29, 1.82) is 0 Å². The van der Waals surface area contributed by atoms with Gasteiger partial charge in [0.2, 0.25) is 6.29 Å². The lowest BCUT2D eigenvalue weighted by Gasteiger charge is -2.42. The number of carbonyl (C=O) groups excluding carboxylic acids is 3. The Bertz CT molecular complexity index is 619. The third-order valence-electron chi connectivity index (χ3n) is 3.04. The van der Waals surface area contributed by atoms with Gasteiger partial charge < -0.3 is 18.9 Å². The Morgan fingerprint density at radius 3 is 2.19 bits per heavy atom. The summed E-state index contributed by atoms with van der Waals surface area (Å²) in [5.41, 5.74) is 8.69. The molecule has 0 aromatic rings. The summed E-state index contributed by atoms with van der Waals surface area (Å²) in [6.07, 6.45) is -5.94. The van der Waals surface area contributed by atoms with Crippen LogP contribution >= 0.6 is 0 Å². The Morgan fingerprint density at radius 2 is 1.73 bits per heavy atom. The molecule has 26 heavy (non-hydrogen) atoms. The van der Waals surface area contributed by atoms with Crippen molar-refractivity contribution in [3.8, 4) is 0 Å². The fourth-order valence-electron chi connectivity index (χ4n) is 2.24. The average molecular weight is 376 g/mol. The fourth-order valence-corrected chi connectivity index (χ4v) is 2.24. The second-order valence-corrected chi connectivity index (χ2v) is 5.02. The molecule has 0 saturated carbocycles. The highest BCUT2D eigenvalue weighted by molar-refractivity contribution is 5.68. The van der Waals surface area contributed by atoms with Gasteiger partial charge in [-0.1, -0.05) is 5.11 Å². The van der Waals surface area contributed by atoms with Gasteiger partial charge in [0.15, 0.2) is 12.2 Å². The predicted molar refractivity (Wildman–Crippen MR) is 77.4 cm³/mol. The summed E-state index contributed by atoms with van der Waals surface area (Å²) in [6.45, 7) is 2.68. The molecule has 3 unspecified atom stereocenters. The van der Waals surface area contributed by atoms with Crippen LogP contribution in [0.2, 0.25) is 0 Å². The van der Waals surface area contributed by atoms with Gasteiger partial charge in [-0.05, 0) is 5.53 Å². The maximum Gasteiger partial charge on any atom is 0.303 e. The van der Waals surface area contributed by atoms with Gasteiger partial charge in [0, 0.05) is 25.7 Å². The normalized spacial score (nSPS) is 27.4. The van der Waals surface area contributed by atoms with Crippen molar-refractivity contribution in [2.24, 2.45) is 5.11 Å². The molecule has 0 aromatic carbocycles. The number of esters is 3. The van der Waals surface area contributed by atoms with Crippen molar-refractivity contribution >= 4 is 17.9 Å². The van der Waals surface area contributed by atoms with Crippen LogP contribution in [0, 0.1) is 10.1 Å². The van der Waals surface area contributed by atoms with Gasteiger partial charge in [-0.3, -0.25) is 19.2 Å². The zero-order valence-electron chi connectivity index (χ0n) is 14.0. The van der Waals surface area contributed by atoms with Crippen molar-refractivity contribution in [2.75, 3.05) is 6.61 Å². The molecule has 0 bridgehead atoms. The van der Waals surface area contributed by atoms with Gasteiger partial charge in [-0.2, -0.15) is 0 Å². The van der Waals surface area contributed by atoms with E-state index < -0.39 is 60.2 Å². The summed E-state index contributed by atoms with van der Waals surface area (Å²) < 4.78 is 20.1. The minimum atomic E-state index is -1.79. The van der Waals surface area contributed by atoms with Gasteiger partial charge in [0.1, 0.15) is 18.8 Å². The first kappa shape index (κ1) is 20.9. The van der Waals surface area contributed by atoms with E-state index >= 15 is 0 Å². The van der Waals surface area contributed by atoms with Gasteiger partial charge in [0.05, 0.1) is 0 Å². The summed E-state index contributed by atoms with van der Waals surface area (Å²) >= 11 is 0. The summed E-state index contributed by atoms with van der Waals surface area (Å²) in [5.74, 6) is -2.36. The van der Waals surface area contributed by atoms with Crippen molar-refractivity contribution in [3.05, 3.63) is 20.6 Å². The number of ether oxygens (including phenoxy) is 4. The first-order valence-corrected chi connectivity index (χ1v) is 7.14. The monoisotopic (exact) mass is 376 g/mol. The van der Waals surface area contributed by atoms with Crippen LogP contribution in [-0.4, -0.2) is 60.2 Å². The maximum atomic E-state index is 11.4. The van der Waals surface area contributed by atoms with E-state index in [0.717, 1.165) is 20.8 Å². The summed E-state index contributed by atoms with van der Waals surface area (Å²) in [4.78, 5) is 51.3. The zero-order valence-corrected chi connectivity index (χ0v) is 14.0.